The fraction of sp³-hybridized carbons (Fsp3) is 0.385. The third-order valence-corrected chi connectivity index (χ3v) is 3.13. The second-order valence-corrected chi connectivity index (χ2v) is 4.95. The van der Waals surface area contributed by atoms with E-state index in [1.54, 1.807) is 6.07 Å². The number of hydrogen-bond donors (Lipinski definition) is 3. The number of H-pyrrole nitrogens is 1. The summed E-state index contributed by atoms with van der Waals surface area (Å²) < 4.78 is 0. The van der Waals surface area contributed by atoms with E-state index in [1.165, 1.54) is 12.5 Å². The third kappa shape index (κ3) is 3.91. The van der Waals surface area contributed by atoms with E-state index in [4.69, 9.17) is 11.6 Å². The minimum atomic E-state index is -0.281. The number of pyridine rings is 1. The summed E-state index contributed by atoms with van der Waals surface area (Å²) in [5.74, 6) is 0.900. The second kappa shape index (κ2) is 7.03. The van der Waals surface area contributed by atoms with Gasteiger partial charge in [-0.15, -0.1) is 0 Å². The highest BCUT2D eigenvalue weighted by Crippen LogP contribution is 2.20. The second-order valence-electron chi connectivity index (χ2n) is 4.55. The minimum Gasteiger partial charge on any atom is -0.369 e. The van der Waals surface area contributed by atoms with Crippen molar-refractivity contribution in [3.8, 4) is 0 Å². The molecule has 0 radical (unpaired) electrons. The standard InChI is InChI=1S/C13H17ClN6O/c1-3-4-15-12-10(14)5-9(6-16-12)13(21)19-8(2)11-17-7-18-20-11/h5-8H,3-4H2,1-2H3,(H,15,16)(H,19,21)(H,17,18,20). The monoisotopic (exact) mass is 308 g/mol. The molecule has 0 bridgehead atoms. The number of nitrogens with zero attached hydrogens (tertiary/aromatic N) is 3. The maximum absolute atomic E-state index is 12.1. The molecule has 0 aliphatic carbocycles. The Hall–Kier alpha value is -2.15. The number of anilines is 1. The lowest BCUT2D eigenvalue weighted by atomic mass is 10.2. The Labute approximate surface area is 127 Å². The first-order valence-electron chi connectivity index (χ1n) is 6.67. The molecule has 0 aromatic carbocycles. The molecule has 1 atom stereocenters. The van der Waals surface area contributed by atoms with Gasteiger partial charge in [-0.3, -0.25) is 9.89 Å². The van der Waals surface area contributed by atoms with Gasteiger partial charge in [-0.1, -0.05) is 18.5 Å². The van der Waals surface area contributed by atoms with Crippen LogP contribution in [-0.2, 0) is 0 Å². The molecule has 112 valence electrons. The van der Waals surface area contributed by atoms with Gasteiger partial charge in [-0.25, -0.2) is 9.97 Å². The van der Waals surface area contributed by atoms with Crippen molar-refractivity contribution in [1.29, 1.82) is 0 Å². The maximum atomic E-state index is 12.1. The topological polar surface area (TPSA) is 95.6 Å². The Morgan fingerprint density at radius 1 is 1.48 bits per heavy atom. The molecule has 2 aromatic heterocycles. The summed E-state index contributed by atoms with van der Waals surface area (Å²) in [5, 5.41) is 12.8. The van der Waals surface area contributed by atoms with Crippen molar-refractivity contribution in [3.63, 3.8) is 0 Å². The van der Waals surface area contributed by atoms with Crippen LogP contribution in [0, 0.1) is 0 Å². The van der Waals surface area contributed by atoms with Crippen LogP contribution in [-0.4, -0.2) is 32.6 Å². The van der Waals surface area contributed by atoms with Crippen molar-refractivity contribution in [1.82, 2.24) is 25.5 Å². The molecule has 2 aromatic rings. The number of carbonyl (C=O) groups excluding carboxylic acids is 1. The van der Waals surface area contributed by atoms with Gasteiger partial charge in [0.1, 0.15) is 18.0 Å². The zero-order valence-electron chi connectivity index (χ0n) is 11.9. The smallest absolute Gasteiger partial charge is 0.253 e. The molecule has 21 heavy (non-hydrogen) atoms. The van der Waals surface area contributed by atoms with Gasteiger partial charge in [-0.2, -0.15) is 5.10 Å². The van der Waals surface area contributed by atoms with E-state index < -0.39 is 0 Å². The van der Waals surface area contributed by atoms with Crippen molar-refractivity contribution in [2.75, 3.05) is 11.9 Å². The van der Waals surface area contributed by atoms with Crippen LogP contribution in [0.5, 0.6) is 0 Å². The maximum Gasteiger partial charge on any atom is 0.253 e. The molecule has 2 heterocycles. The number of nitrogens with one attached hydrogen (secondary N) is 3. The van der Waals surface area contributed by atoms with Crippen LogP contribution >= 0.6 is 11.6 Å². The predicted octanol–water partition coefficient (Wildman–Crippen LogP) is 2.17. The molecule has 0 aliphatic heterocycles. The van der Waals surface area contributed by atoms with Crippen LogP contribution in [0.3, 0.4) is 0 Å². The SMILES string of the molecule is CCCNc1ncc(C(=O)NC(C)c2ncn[nH]2)cc1Cl. The van der Waals surface area contributed by atoms with Crippen molar-refractivity contribution in [2.24, 2.45) is 0 Å². The average Bonchev–Trinajstić information content (AvgIpc) is 3.00. The summed E-state index contributed by atoms with van der Waals surface area (Å²) in [6, 6.07) is 1.31. The number of carbonyl (C=O) groups is 1. The van der Waals surface area contributed by atoms with Gasteiger partial charge in [0.05, 0.1) is 16.6 Å². The van der Waals surface area contributed by atoms with Crippen LogP contribution in [0.25, 0.3) is 0 Å². The zero-order chi connectivity index (χ0) is 15.2. The highest BCUT2D eigenvalue weighted by atomic mass is 35.5. The minimum absolute atomic E-state index is 0.268. The van der Waals surface area contributed by atoms with E-state index in [-0.39, 0.29) is 11.9 Å². The van der Waals surface area contributed by atoms with E-state index in [0.29, 0.717) is 22.2 Å². The molecule has 1 unspecified atom stereocenters. The molecule has 1 amide bonds. The van der Waals surface area contributed by atoms with E-state index in [9.17, 15) is 4.79 Å². The summed E-state index contributed by atoms with van der Waals surface area (Å²) in [5.41, 5.74) is 0.397. The van der Waals surface area contributed by atoms with Gasteiger partial charge in [-0.05, 0) is 19.4 Å². The Balaban J connectivity index is 2.04. The van der Waals surface area contributed by atoms with Gasteiger partial charge in [0.2, 0.25) is 0 Å². The summed E-state index contributed by atoms with van der Waals surface area (Å²) in [6.45, 7) is 4.64. The highest BCUT2D eigenvalue weighted by molar-refractivity contribution is 6.33. The van der Waals surface area contributed by atoms with Crippen molar-refractivity contribution < 1.29 is 4.79 Å². The molecule has 0 saturated carbocycles. The first-order chi connectivity index (χ1) is 10.1. The van der Waals surface area contributed by atoms with E-state index in [2.05, 4.69) is 30.8 Å². The summed E-state index contributed by atoms with van der Waals surface area (Å²) >= 11 is 6.11. The zero-order valence-corrected chi connectivity index (χ0v) is 12.6. The predicted molar refractivity (Wildman–Crippen MR) is 80.3 cm³/mol. The number of rotatable bonds is 6. The van der Waals surface area contributed by atoms with Gasteiger partial charge in [0.15, 0.2) is 0 Å². The molecular formula is C13H17ClN6O. The Morgan fingerprint density at radius 3 is 2.90 bits per heavy atom. The lowest BCUT2D eigenvalue weighted by Gasteiger charge is -2.12. The number of halogens is 1. The Morgan fingerprint density at radius 2 is 2.29 bits per heavy atom. The fourth-order valence-corrected chi connectivity index (χ4v) is 1.94. The molecule has 3 N–H and O–H groups in total. The summed E-state index contributed by atoms with van der Waals surface area (Å²) in [4.78, 5) is 20.3. The lowest BCUT2D eigenvalue weighted by molar-refractivity contribution is 0.0938. The molecular weight excluding hydrogens is 292 g/mol. The Kier molecular flexibility index (Phi) is 5.10. The molecule has 0 saturated heterocycles. The van der Waals surface area contributed by atoms with Crippen molar-refractivity contribution in [3.05, 3.63) is 35.0 Å². The van der Waals surface area contributed by atoms with Crippen LogP contribution in [0.15, 0.2) is 18.6 Å². The summed E-state index contributed by atoms with van der Waals surface area (Å²) in [6.07, 6.45) is 3.85. The molecule has 0 aliphatic rings. The molecule has 0 fully saturated rings. The first kappa shape index (κ1) is 15.2. The lowest BCUT2D eigenvalue weighted by Crippen LogP contribution is -2.27. The van der Waals surface area contributed by atoms with Crippen LogP contribution in [0.2, 0.25) is 5.02 Å². The fourth-order valence-electron chi connectivity index (χ4n) is 1.71. The van der Waals surface area contributed by atoms with E-state index in [1.807, 2.05) is 13.8 Å². The first-order valence-corrected chi connectivity index (χ1v) is 7.05. The number of hydrogen-bond acceptors (Lipinski definition) is 5. The van der Waals surface area contributed by atoms with Crippen molar-refractivity contribution in [2.45, 2.75) is 26.3 Å². The van der Waals surface area contributed by atoms with Crippen LogP contribution in [0.4, 0.5) is 5.82 Å². The van der Waals surface area contributed by atoms with Gasteiger partial charge in [0, 0.05) is 12.7 Å². The van der Waals surface area contributed by atoms with Gasteiger partial charge < -0.3 is 10.6 Å². The van der Waals surface area contributed by atoms with Crippen LogP contribution in [0.1, 0.15) is 42.5 Å². The number of aromatic nitrogens is 4. The highest BCUT2D eigenvalue weighted by Gasteiger charge is 2.15. The van der Waals surface area contributed by atoms with Gasteiger partial charge >= 0.3 is 0 Å². The molecule has 7 nitrogen and oxygen atoms in total. The normalized spacial score (nSPS) is 12.0. The molecule has 2 rings (SSSR count). The number of aromatic amines is 1. The van der Waals surface area contributed by atoms with E-state index >= 15 is 0 Å². The van der Waals surface area contributed by atoms with Crippen LogP contribution < -0.4 is 10.6 Å². The Bertz CT molecular complexity index is 601. The van der Waals surface area contributed by atoms with E-state index in [0.717, 1.165) is 13.0 Å². The molecule has 0 spiro atoms. The largest absolute Gasteiger partial charge is 0.369 e. The third-order valence-electron chi connectivity index (χ3n) is 2.84. The van der Waals surface area contributed by atoms with Gasteiger partial charge in [0.25, 0.3) is 5.91 Å². The number of amides is 1. The summed E-state index contributed by atoms with van der Waals surface area (Å²) in [7, 11) is 0. The quantitative estimate of drug-likeness (QED) is 0.760. The molecule has 8 heteroatoms. The van der Waals surface area contributed by atoms with Crippen molar-refractivity contribution >= 4 is 23.3 Å². The average molecular weight is 309 g/mol.